The molecule has 0 bridgehead atoms. The zero-order chi connectivity index (χ0) is 15.6. The number of benzene rings is 1. The molecule has 0 saturated carbocycles. The van der Waals surface area contributed by atoms with Crippen molar-refractivity contribution in [3.8, 4) is 11.8 Å². The first-order valence-electron chi connectivity index (χ1n) is 6.03. The Morgan fingerprint density at radius 1 is 1.24 bits per heavy atom. The summed E-state index contributed by atoms with van der Waals surface area (Å²) in [6.07, 6.45) is 0. The summed E-state index contributed by atoms with van der Waals surface area (Å²) in [6, 6.07) is 9.14. The van der Waals surface area contributed by atoms with Gasteiger partial charge in [-0.05, 0) is 49.7 Å². The molecule has 1 aromatic heterocycles. The number of aromatic hydroxyl groups is 1. The molecule has 0 saturated heterocycles. The van der Waals surface area contributed by atoms with Crippen LogP contribution in [0.1, 0.15) is 16.8 Å². The number of nitrogens with one attached hydrogen (secondary N) is 1. The zero-order valence-electron chi connectivity index (χ0n) is 11.5. The van der Waals surface area contributed by atoms with Gasteiger partial charge in [-0.15, -0.1) is 0 Å². The second kappa shape index (κ2) is 5.42. The minimum Gasteiger partial charge on any atom is -0.504 e. The molecule has 2 aromatic rings. The van der Waals surface area contributed by atoms with Crippen LogP contribution in [0.25, 0.3) is 0 Å². The summed E-state index contributed by atoms with van der Waals surface area (Å²) in [5.74, 6) is -0.380. The van der Waals surface area contributed by atoms with Gasteiger partial charge in [-0.2, -0.15) is 5.26 Å². The van der Waals surface area contributed by atoms with Gasteiger partial charge >= 0.3 is 0 Å². The monoisotopic (exact) mass is 303 g/mol. The van der Waals surface area contributed by atoms with E-state index in [-0.39, 0.29) is 16.5 Å². The molecule has 2 N–H and O–H groups in total. The summed E-state index contributed by atoms with van der Waals surface area (Å²) in [6.45, 7) is 3.28. The van der Waals surface area contributed by atoms with Gasteiger partial charge in [-0.25, -0.2) is 13.4 Å². The van der Waals surface area contributed by atoms with Crippen LogP contribution in [0.15, 0.2) is 35.2 Å². The fraction of sp³-hybridized carbons (Fsp3) is 0.143. The van der Waals surface area contributed by atoms with Crippen molar-refractivity contribution in [2.45, 2.75) is 18.7 Å². The van der Waals surface area contributed by atoms with E-state index in [1.54, 1.807) is 19.9 Å². The van der Waals surface area contributed by atoms with E-state index in [4.69, 9.17) is 5.26 Å². The molecule has 0 aliphatic carbocycles. The van der Waals surface area contributed by atoms with Gasteiger partial charge < -0.3 is 5.11 Å². The lowest BCUT2D eigenvalue weighted by Crippen LogP contribution is -2.15. The number of aromatic nitrogens is 1. The lowest BCUT2D eigenvalue weighted by molar-refractivity contribution is 0.475. The first-order chi connectivity index (χ1) is 9.83. The van der Waals surface area contributed by atoms with Crippen molar-refractivity contribution in [2.24, 2.45) is 0 Å². The van der Waals surface area contributed by atoms with Crippen LogP contribution in [0.3, 0.4) is 0 Å². The van der Waals surface area contributed by atoms with E-state index in [0.717, 1.165) is 0 Å². The van der Waals surface area contributed by atoms with Gasteiger partial charge in [0.15, 0.2) is 11.6 Å². The summed E-state index contributed by atoms with van der Waals surface area (Å²) in [7, 11) is -3.89. The lowest BCUT2D eigenvalue weighted by atomic mass is 10.2. The third kappa shape index (κ3) is 3.12. The normalized spacial score (nSPS) is 10.9. The molecule has 0 amide bonds. The highest BCUT2D eigenvalue weighted by Gasteiger charge is 2.19. The molecular weight excluding hydrogens is 290 g/mol. The first kappa shape index (κ1) is 14.8. The van der Waals surface area contributed by atoms with Crippen molar-refractivity contribution in [1.29, 1.82) is 5.26 Å². The van der Waals surface area contributed by atoms with Gasteiger partial charge in [-0.1, -0.05) is 0 Å². The molecular formula is C14H13N3O3S. The number of anilines is 1. The predicted octanol–water partition coefficient (Wildman–Crippen LogP) is 2.08. The van der Waals surface area contributed by atoms with E-state index in [9.17, 15) is 13.5 Å². The van der Waals surface area contributed by atoms with Gasteiger partial charge in [-0.3, -0.25) is 4.72 Å². The predicted molar refractivity (Wildman–Crippen MR) is 77.3 cm³/mol. The molecule has 0 fully saturated rings. The van der Waals surface area contributed by atoms with Crippen molar-refractivity contribution in [3.05, 3.63) is 47.2 Å². The van der Waals surface area contributed by atoms with Gasteiger partial charge in [0.2, 0.25) is 0 Å². The van der Waals surface area contributed by atoms with Gasteiger partial charge in [0.05, 0.1) is 16.5 Å². The SMILES string of the molecule is Cc1ccc(O)c(NS(=O)(=O)c2ccc(C#N)cc2C)n1. The second-order valence-electron chi connectivity index (χ2n) is 4.52. The first-order valence-corrected chi connectivity index (χ1v) is 7.52. The van der Waals surface area contributed by atoms with Crippen LogP contribution in [0.4, 0.5) is 5.82 Å². The highest BCUT2D eigenvalue weighted by atomic mass is 32.2. The highest BCUT2D eigenvalue weighted by Crippen LogP contribution is 2.25. The number of nitriles is 1. The molecule has 0 aliphatic rings. The second-order valence-corrected chi connectivity index (χ2v) is 6.17. The third-order valence-corrected chi connectivity index (χ3v) is 4.34. The van der Waals surface area contributed by atoms with E-state index in [2.05, 4.69) is 9.71 Å². The molecule has 108 valence electrons. The van der Waals surface area contributed by atoms with Crippen LogP contribution in [0.2, 0.25) is 0 Å². The highest BCUT2D eigenvalue weighted by molar-refractivity contribution is 7.92. The molecule has 2 rings (SSSR count). The molecule has 7 heteroatoms. The summed E-state index contributed by atoms with van der Waals surface area (Å²) in [5.41, 5.74) is 1.39. The molecule has 21 heavy (non-hydrogen) atoms. The number of pyridine rings is 1. The van der Waals surface area contributed by atoms with Crippen LogP contribution in [-0.2, 0) is 10.0 Å². The third-order valence-electron chi connectivity index (χ3n) is 2.84. The van der Waals surface area contributed by atoms with E-state index in [1.807, 2.05) is 6.07 Å². The van der Waals surface area contributed by atoms with Crippen molar-refractivity contribution >= 4 is 15.8 Å². The smallest absolute Gasteiger partial charge is 0.263 e. The largest absolute Gasteiger partial charge is 0.504 e. The van der Waals surface area contributed by atoms with Crippen LogP contribution in [0.5, 0.6) is 5.75 Å². The van der Waals surface area contributed by atoms with Crippen LogP contribution >= 0.6 is 0 Å². The molecule has 1 aromatic carbocycles. The Hall–Kier alpha value is -2.59. The summed E-state index contributed by atoms with van der Waals surface area (Å²) in [4.78, 5) is 3.99. The minimum absolute atomic E-state index is 0.0317. The average molecular weight is 303 g/mol. The fourth-order valence-corrected chi connectivity index (χ4v) is 3.07. The molecule has 1 heterocycles. The van der Waals surface area contributed by atoms with Crippen LogP contribution in [-0.4, -0.2) is 18.5 Å². The van der Waals surface area contributed by atoms with Crippen LogP contribution < -0.4 is 4.72 Å². The number of rotatable bonds is 3. The number of nitrogens with zero attached hydrogens (tertiary/aromatic N) is 2. The molecule has 6 nitrogen and oxygen atoms in total. The fourth-order valence-electron chi connectivity index (χ4n) is 1.83. The van der Waals surface area contributed by atoms with Crippen molar-refractivity contribution in [3.63, 3.8) is 0 Å². The van der Waals surface area contributed by atoms with Crippen molar-refractivity contribution in [1.82, 2.24) is 4.98 Å². The number of sulfonamides is 1. The Morgan fingerprint density at radius 2 is 1.95 bits per heavy atom. The lowest BCUT2D eigenvalue weighted by Gasteiger charge is -2.11. The molecule has 0 spiro atoms. The summed E-state index contributed by atoms with van der Waals surface area (Å²) >= 11 is 0. The van der Waals surface area contributed by atoms with Crippen molar-refractivity contribution < 1.29 is 13.5 Å². The maximum Gasteiger partial charge on any atom is 0.263 e. The minimum atomic E-state index is -3.89. The summed E-state index contributed by atoms with van der Waals surface area (Å²) < 4.78 is 26.9. The van der Waals surface area contributed by atoms with E-state index < -0.39 is 10.0 Å². The van der Waals surface area contributed by atoms with Gasteiger partial charge in [0.25, 0.3) is 10.0 Å². The Morgan fingerprint density at radius 3 is 2.57 bits per heavy atom. The maximum absolute atomic E-state index is 12.3. The molecule has 0 unspecified atom stereocenters. The Bertz CT molecular complexity index is 839. The average Bonchev–Trinajstić information content (AvgIpc) is 2.42. The standard InChI is InChI=1S/C14H13N3O3S/c1-9-7-11(8-15)4-6-13(9)21(19,20)17-14-12(18)5-3-10(2)16-14/h3-7,18H,1-2H3,(H,16,17). The Kier molecular flexibility index (Phi) is 3.82. The number of aryl methyl sites for hydroxylation is 2. The van der Waals surface area contributed by atoms with E-state index in [1.165, 1.54) is 24.3 Å². The van der Waals surface area contributed by atoms with Crippen LogP contribution in [0, 0.1) is 25.2 Å². The maximum atomic E-state index is 12.3. The van der Waals surface area contributed by atoms with Gasteiger partial charge in [0.1, 0.15) is 0 Å². The zero-order valence-corrected chi connectivity index (χ0v) is 12.3. The molecule has 0 radical (unpaired) electrons. The van der Waals surface area contributed by atoms with E-state index in [0.29, 0.717) is 16.8 Å². The number of hydrogen-bond acceptors (Lipinski definition) is 5. The summed E-state index contributed by atoms with van der Waals surface area (Å²) in [5, 5.41) is 18.5. The Balaban J connectivity index is 2.44. The molecule has 0 aliphatic heterocycles. The van der Waals surface area contributed by atoms with Crippen molar-refractivity contribution in [2.75, 3.05) is 4.72 Å². The Labute approximate surface area is 122 Å². The number of hydrogen-bond donors (Lipinski definition) is 2. The van der Waals surface area contributed by atoms with Gasteiger partial charge in [0, 0.05) is 5.69 Å². The quantitative estimate of drug-likeness (QED) is 0.903. The molecule has 0 atom stereocenters. The van der Waals surface area contributed by atoms with E-state index >= 15 is 0 Å². The topological polar surface area (TPSA) is 103 Å².